The first-order valence-corrected chi connectivity index (χ1v) is 9.75. The molecule has 4 heterocycles. The smallest absolute Gasteiger partial charge is 0.120 e. The number of rotatable bonds is 5. The predicted octanol–water partition coefficient (Wildman–Crippen LogP) is 4.60. The zero-order chi connectivity index (χ0) is 18.8. The van der Waals surface area contributed by atoms with Crippen LogP contribution in [0.15, 0.2) is 60.9 Å². The molecule has 0 bridgehead atoms. The number of aromatic amines is 1. The number of aryl methyl sites for hydroxylation is 1. The van der Waals surface area contributed by atoms with E-state index in [0.29, 0.717) is 6.61 Å². The van der Waals surface area contributed by atoms with Gasteiger partial charge in [-0.3, -0.25) is 9.97 Å². The Bertz CT molecular complexity index is 1100. The minimum atomic E-state index is 0.605. The number of nitrogens with one attached hydrogen (secondary N) is 2. The third kappa shape index (κ3) is 3.31. The predicted molar refractivity (Wildman–Crippen MR) is 112 cm³/mol. The molecule has 0 unspecified atom stereocenters. The largest absolute Gasteiger partial charge is 0.493 e. The molecule has 1 aromatic carbocycles. The Morgan fingerprint density at radius 3 is 3.00 bits per heavy atom. The first kappa shape index (κ1) is 16.8. The summed E-state index contributed by atoms with van der Waals surface area (Å²) in [6.07, 6.45) is 6.82. The van der Waals surface area contributed by atoms with Crippen molar-refractivity contribution < 1.29 is 4.74 Å². The van der Waals surface area contributed by atoms with E-state index in [4.69, 9.17) is 9.72 Å². The van der Waals surface area contributed by atoms with E-state index in [1.54, 1.807) is 0 Å². The monoisotopic (exact) mass is 370 g/mol. The topological polar surface area (TPSA) is 62.8 Å². The van der Waals surface area contributed by atoms with Crippen LogP contribution in [0.1, 0.15) is 17.8 Å². The molecule has 0 radical (unpaired) electrons. The van der Waals surface area contributed by atoms with Crippen LogP contribution in [-0.4, -0.2) is 28.1 Å². The molecule has 5 nitrogen and oxygen atoms in total. The van der Waals surface area contributed by atoms with Gasteiger partial charge in [0.2, 0.25) is 0 Å². The molecule has 0 saturated heterocycles. The number of pyridine rings is 2. The van der Waals surface area contributed by atoms with Gasteiger partial charge >= 0.3 is 0 Å². The molecular weight excluding hydrogens is 348 g/mol. The van der Waals surface area contributed by atoms with Gasteiger partial charge in [0.25, 0.3) is 0 Å². The van der Waals surface area contributed by atoms with Crippen LogP contribution in [0.2, 0.25) is 0 Å². The number of H-pyrrole nitrogens is 1. The normalized spacial score (nSPS) is 13.1. The molecule has 0 saturated carbocycles. The first-order valence-electron chi connectivity index (χ1n) is 9.75. The van der Waals surface area contributed by atoms with Crippen LogP contribution < -0.4 is 10.1 Å². The SMILES string of the molecule is c1ccc(-c2c[nH]c3ccc(OCCc4ccc5c(n4)CCCN5)cc23)nc1. The van der Waals surface area contributed by atoms with Gasteiger partial charge in [-0.2, -0.15) is 0 Å². The molecule has 3 aromatic heterocycles. The lowest BCUT2D eigenvalue weighted by Gasteiger charge is -2.17. The molecule has 0 spiro atoms. The van der Waals surface area contributed by atoms with Crippen molar-refractivity contribution in [1.82, 2.24) is 15.0 Å². The Morgan fingerprint density at radius 1 is 1.07 bits per heavy atom. The standard InChI is InChI=1S/C23H22N4O/c1-2-11-24-20(4-1)19-15-26-21-9-7-17(14-18(19)21)28-13-10-16-6-8-22-23(27-16)5-3-12-25-22/h1-2,4,6-9,11,14-15,25-26H,3,5,10,12-13H2. The third-order valence-electron chi connectivity index (χ3n) is 5.16. The van der Waals surface area contributed by atoms with Crippen molar-refractivity contribution in [3.05, 3.63) is 72.3 Å². The van der Waals surface area contributed by atoms with Gasteiger partial charge in [-0.05, 0) is 55.3 Å². The summed E-state index contributed by atoms with van der Waals surface area (Å²) in [5.41, 5.74) is 6.56. The fourth-order valence-corrected chi connectivity index (χ4v) is 3.71. The van der Waals surface area contributed by atoms with Gasteiger partial charge in [-0.15, -0.1) is 0 Å². The van der Waals surface area contributed by atoms with Gasteiger partial charge in [0.05, 0.1) is 23.7 Å². The highest BCUT2D eigenvalue weighted by Crippen LogP contribution is 2.30. The van der Waals surface area contributed by atoms with Crippen molar-refractivity contribution in [3.8, 4) is 17.0 Å². The molecule has 1 aliphatic heterocycles. The molecule has 0 atom stereocenters. The Balaban J connectivity index is 1.30. The Morgan fingerprint density at radius 2 is 2.07 bits per heavy atom. The van der Waals surface area contributed by atoms with E-state index < -0.39 is 0 Å². The minimum Gasteiger partial charge on any atom is -0.493 e. The van der Waals surface area contributed by atoms with Crippen LogP contribution in [0.3, 0.4) is 0 Å². The van der Waals surface area contributed by atoms with Crippen LogP contribution in [0.25, 0.3) is 22.2 Å². The Hall–Kier alpha value is -3.34. The maximum atomic E-state index is 6.03. The molecule has 4 aromatic rings. The van der Waals surface area contributed by atoms with Gasteiger partial charge < -0.3 is 15.0 Å². The summed E-state index contributed by atoms with van der Waals surface area (Å²) in [4.78, 5) is 12.6. The lowest BCUT2D eigenvalue weighted by Crippen LogP contribution is -2.14. The third-order valence-corrected chi connectivity index (χ3v) is 5.16. The highest BCUT2D eigenvalue weighted by Gasteiger charge is 2.11. The number of anilines is 1. The van der Waals surface area contributed by atoms with Crippen molar-refractivity contribution in [1.29, 1.82) is 0 Å². The van der Waals surface area contributed by atoms with Crippen molar-refractivity contribution in [3.63, 3.8) is 0 Å². The quantitative estimate of drug-likeness (QED) is 0.539. The van der Waals surface area contributed by atoms with Gasteiger partial charge in [0, 0.05) is 47.5 Å². The van der Waals surface area contributed by atoms with Gasteiger partial charge in [-0.1, -0.05) is 6.07 Å². The van der Waals surface area contributed by atoms with E-state index >= 15 is 0 Å². The highest BCUT2D eigenvalue weighted by atomic mass is 16.5. The number of hydrogen-bond acceptors (Lipinski definition) is 4. The number of fused-ring (bicyclic) bond motifs is 2. The summed E-state index contributed by atoms with van der Waals surface area (Å²) in [6.45, 7) is 1.65. The van der Waals surface area contributed by atoms with Crippen LogP contribution in [0.4, 0.5) is 5.69 Å². The Labute approximate surface area is 163 Å². The zero-order valence-corrected chi connectivity index (χ0v) is 15.6. The van der Waals surface area contributed by atoms with Crippen molar-refractivity contribution in [2.45, 2.75) is 19.3 Å². The molecule has 140 valence electrons. The zero-order valence-electron chi connectivity index (χ0n) is 15.6. The second kappa shape index (κ2) is 7.35. The lowest BCUT2D eigenvalue weighted by atomic mass is 10.1. The van der Waals surface area contributed by atoms with Crippen LogP contribution >= 0.6 is 0 Å². The maximum absolute atomic E-state index is 6.03. The number of benzene rings is 1. The van der Waals surface area contributed by atoms with Crippen LogP contribution in [0, 0.1) is 0 Å². The van der Waals surface area contributed by atoms with E-state index in [1.807, 2.05) is 36.7 Å². The van der Waals surface area contributed by atoms with Crippen LogP contribution in [0.5, 0.6) is 5.75 Å². The summed E-state index contributed by atoms with van der Waals surface area (Å²) in [6, 6.07) is 16.3. The molecule has 0 aliphatic carbocycles. The average molecular weight is 370 g/mol. The fraction of sp³-hybridized carbons (Fsp3) is 0.217. The summed E-state index contributed by atoms with van der Waals surface area (Å²) < 4.78 is 6.03. The highest BCUT2D eigenvalue weighted by molar-refractivity contribution is 5.95. The Kier molecular flexibility index (Phi) is 4.41. The maximum Gasteiger partial charge on any atom is 0.120 e. The summed E-state index contributed by atoms with van der Waals surface area (Å²) >= 11 is 0. The number of aromatic nitrogens is 3. The number of ether oxygens (including phenoxy) is 1. The number of hydrogen-bond donors (Lipinski definition) is 2. The molecule has 1 aliphatic rings. The molecule has 5 heteroatoms. The molecule has 0 fully saturated rings. The van der Waals surface area contributed by atoms with Gasteiger partial charge in [-0.25, -0.2) is 0 Å². The van der Waals surface area contributed by atoms with E-state index in [9.17, 15) is 0 Å². The van der Waals surface area contributed by atoms with Crippen molar-refractivity contribution in [2.75, 3.05) is 18.5 Å². The molecule has 5 rings (SSSR count). The molecule has 0 amide bonds. The number of nitrogens with zero attached hydrogens (tertiary/aromatic N) is 2. The summed E-state index contributed by atoms with van der Waals surface area (Å²) in [5.74, 6) is 0.865. The second-order valence-corrected chi connectivity index (χ2v) is 7.05. The van der Waals surface area contributed by atoms with Gasteiger partial charge in [0.15, 0.2) is 0 Å². The average Bonchev–Trinajstić information content (AvgIpc) is 3.18. The summed E-state index contributed by atoms with van der Waals surface area (Å²) in [5, 5.41) is 4.52. The minimum absolute atomic E-state index is 0.605. The van der Waals surface area contributed by atoms with E-state index in [0.717, 1.165) is 59.4 Å². The molecule has 28 heavy (non-hydrogen) atoms. The molecule has 2 N–H and O–H groups in total. The van der Waals surface area contributed by atoms with E-state index in [-0.39, 0.29) is 0 Å². The lowest BCUT2D eigenvalue weighted by molar-refractivity contribution is 0.321. The van der Waals surface area contributed by atoms with Crippen molar-refractivity contribution in [2.24, 2.45) is 0 Å². The van der Waals surface area contributed by atoms with Gasteiger partial charge in [0.1, 0.15) is 5.75 Å². The summed E-state index contributed by atoms with van der Waals surface area (Å²) in [7, 11) is 0. The first-order chi connectivity index (χ1) is 13.9. The van der Waals surface area contributed by atoms with Crippen molar-refractivity contribution >= 4 is 16.6 Å². The van der Waals surface area contributed by atoms with E-state index in [1.165, 1.54) is 11.4 Å². The second-order valence-electron chi connectivity index (χ2n) is 7.05. The molecular formula is C23H22N4O. The van der Waals surface area contributed by atoms with Crippen LogP contribution in [-0.2, 0) is 12.8 Å². The fourth-order valence-electron chi connectivity index (χ4n) is 3.71. The van der Waals surface area contributed by atoms with E-state index in [2.05, 4.69) is 39.6 Å².